The molecule has 8 heteroatoms. The average molecular weight is 366 g/mol. The summed E-state index contributed by atoms with van der Waals surface area (Å²) in [6, 6.07) is 9.32. The number of benzene rings is 2. The average Bonchev–Trinajstić information content (AvgIpc) is 2.48. The highest BCUT2D eigenvalue weighted by Crippen LogP contribution is 2.26. The molecule has 0 aromatic heterocycles. The van der Waals surface area contributed by atoms with Gasteiger partial charge >= 0.3 is 11.9 Å². The lowest BCUT2D eigenvalue weighted by molar-refractivity contribution is -0.385. The molecular weight excluding hydrogens is 358 g/mol. The molecule has 112 valence electrons. The molecule has 0 heterocycles. The van der Waals surface area contributed by atoms with Crippen molar-refractivity contribution in [3.8, 4) is 5.75 Å². The quantitative estimate of drug-likeness (QED) is 0.385. The summed E-state index contributed by atoms with van der Waals surface area (Å²) < 4.78 is 5.49. The van der Waals surface area contributed by atoms with Crippen molar-refractivity contribution in [2.75, 3.05) is 0 Å². The SMILES string of the molecule is O=C(O)c1cc(Br)ccc1OC(=O)c1ccccc1[N+](=O)[O-]. The molecule has 2 aromatic rings. The van der Waals surface area contributed by atoms with Crippen molar-refractivity contribution in [1.29, 1.82) is 0 Å². The lowest BCUT2D eigenvalue weighted by atomic mass is 10.1. The molecular formula is C14H8BrNO6. The van der Waals surface area contributed by atoms with Crippen molar-refractivity contribution in [3.05, 3.63) is 68.2 Å². The fourth-order valence-corrected chi connectivity index (χ4v) is 2.08. The van der Waals surface area contributed by atoms with Crippen LogP contribution in [0, 0.1) is 10.1 Å². The Morgan fingerprint density at radius 3 is 2.45 bits per heavy atom. The van der Waals surface area contributed by atoms with Gasteiger partial charge in [-0.1, -0.05) is 28.1 Å². The Bertz CT molecular complexity index is 774. The maximum atomic E-state index is 12.1. The summed E-state index contributed by atoms with van der Waals surface area (Å²) in [4.78, 5) is 33.4. The zero-order valence-electron chi connectivity index (χ0n) is 10.9. The summed E-state index contributed by atoms with van der Waals surface area (Å²) in [5.41, 5.74) is -0.908. The van der Waals surface area contributed by atoms with Gasteiger partial charge in [-0.05, 0) is 24.3 Å². The van der Waals surface area contributed by atoms with Crippen LogP contribution in [0.2, 0.25) is 0 Å². The molecule has 0 aliphatic heterocycles. The van der Waals surface area contributed by atoms with E-state index in [0.717, 1.165) is 6.07 Å². The lowest BCUT2D eigenvalue weighted by Gasteiger charge is -2.08. The van der Waals surface area contributed by atoms with Gasteiger partial charge in [0.05, 0.1) is 4.92 Å². The van der Waals surface area contributed by atoms with Crippen LogP contribution >= 0.6 is 15.9 Å². The molecule has 0 unspecified atom stereocenters. The van der Waals surface area contributed by atoms with E-state index in [1.165, 1.54) is 36.4 Å². The molecule has 0 atom stereocenters. The minimum absolute atomic E-state index is 0.196. The van der Waals surface area contributed by atoms with Gasteiger partial charge in [0, 0.05) is 10.5 Å². The van der Waals surface area contributed by atoms with Gasteiger partial charge in [0.2, 0.25) is 0 Å². The maximum Gasteiger partial charge on any atom is 0.350 e. The largest absolute Gasteiger partial charge is 0.478 e. The van der Waals surface area contributed by atoms with Crippen molar-refractivity contribution < 1.29 is 24.4 Å². The number of carboxylic acid groups (broad SMARTS) is 1. The summed E-state index contributed by atoms with van der Waals surface area (Å²) in [7, 11) is 0. The first-order valence-corrected chi connectivity index (χ1v) is 6.68. The van der Waals surface area contributed by atoms with Crippen LogP contribution in [0.5, 0.6) is 5.75 Å². The van der Waals surface area contributed by atoms with Gasteiger partial charge in [0.15, 0.2) is 0 Å². The van der Waals surface area contributed by atoms with E-state index in [4.69, 9.17) is 9.84 Å². The molecule has 0 fully saturated rings. The van der Waals surface area contributed by atoms with Gasteiger partial charge < -0.3 is 9.84 Å². The van der Waals surface area contributed by atoms with E-state index in [1.807, 2.05) is 0 Å². The molecule has 0 saturated carbocycles. The zero-order valence-corrected chi connectivity index (χ0v) is 12.4. The molecule has 0 radical (unpaired) electrons. The molecule has 7 nitrogen and oxygen atoms in total. The smallest absolute Gasteiger partial charge is 0.350 e. The van der Waals surface area contributed by atoms with Crippen molar-refractivity contribution in [3.63, 3.8) is 0 Å². The van der Waals surface area contributed by atoms with Gasteiger partial charge in [0.25, 0.3) is 5.69 Å². The minimum atomic E-state index is -1.29. The number of hydrogen-bond acceptors (Lipinski definition) is 5. The Morgan fingerprint density at radius 2 is 1.82 bits per heavy atom. The number of carboxylic acids is 1. The van der Waals surface area contributed by atoms with E-state index in [2.05, 4.69) is 15.9 Å². The van der Waals surface area contributed by atoms with E-state index in [-0.39, 0.29) is 16.9 Å². The predicted octanol–water partition coefficient (Wildman–Crippen LogP) is 3.27. The lowest BCUT2D eigenvalue weighted by Crippen LogP contribution is -2.13. The number of esters is 1. The monoisotopic (exact) mass is 365 g/mol. The number of halogens is 1. The van der Waals surface area contributed by atoms with Crippen molar-refractivity contribution in [2.24, 2.45) is 0 Å². The Morgan fingerprint density at radius 1 is 1.14 bits per heavy atom. The summed E-state index contributed by atoms with van der Waals surface area (Å²) in [6.45, 7) is 0. The number of carbonyl (C=O) groups is 2. The summed E-state index contributed by atoms with van der Waals surface area (Å²) >= 11 is 3.11. The minimum Gasteiger partial charge on any atom is -0.478 e. The van der Waals surface area contributed by atoms with Gasteiger partial charge in [0.1, 0.15) is 16.9 Å². The van der Waals surface area contributed by atoms with Crippen LogP contribution in [0.1, 0.15) is 20.7 Å². The fourth-order valence-electron chi connectivity index (χ4n) is 1.72. The molecule has 1 N–H and O–H groups in total. The molecule has 0 aliphatic carbocycles. The van der Waals surface area contributed by atoms with Gasteiger partial charge in [-0.2, -0.15) is 0 Å². The molecule has 0 amide bonds. The summed E-state index contributed by atoms with van der Waals surface area (Å²) in [5.74, 6) is -2.48. The zero-order chi connectivity index (χ0) is 16.3. The third-order valence-corrected chi connectivity index (χ3v) is 3.19. The number of para-hydroxylation sites is 1. The first-order chi connectivity index (χ1) is 10.4. The Balaban J connectivity index is 2.38. The van der Waals surface area contributed by atoms with Crippen molar-refractivity contribution >= 4 is 33.6 Å². The number of carbonyl (C=O) groups excluding carboxylic acids is 1. The normalized spacial score (nSPS) is 10.0. The second-order valence-corrected chi connectivity index (χ2v) is 5.03. The van der Waals surface area contributed by atoms with Crippen LogP contribution in [0.15, 0.2) is 46.9 Å². The third-order valence-electron chi connectivity index (χ3n) is 2.70. The standard InChI is InChI=1S/C14H8BrNO6/c15-8-5-6-12(10(7-8)13(17)18)22-14(19)9-3-1-2-4-11(9)16(20)21/h1-7H,(H,17,18). The first kappa shape index (κ1) is 15.6. The predicted molar refractivity (Wildman–Crippen MR) is 79.2 cm³/mol. The van der Waals surface area contributed by atoms with E-state index >= 15 is 0 Å². The fraction of sp³-hybridized carbons (Fsp3) is 0. The van der Waals surface area contributed by atoms with Crippen molar-refractivity contribution in [1.82, 2.24) is 0 Å². The van der Waals surface area contributed by atoms with Gasteiger partial charge in [-0.15, -0.1) is 0 Å². The Labute approximate surface area is 132 Å². The molecule has 22 heavy (non-hydrogen) atoms. The van der Waals surface area contributed by atoms with E-state index in [1.54, 1.807) is 0 Å². The third kappa shape index (κ3) is 3.29. The second kappa shape index (κ2) is 6.35. The number of nitro groups is 1. The topological polar surface area (TPSA) is 107 Å². The highest BCUT2D eigenvalue weighted by molar-refractivity contribution is 9.10. The number of rotatable bonds is 4. The van der Waals surface area contributed by atoms with E-state index in [9.17, 15) is 19.7 Å². The highest BCUT2D eigenvalue weighted by atomic mass is 79.9. The Kier molecular flexibility index (Phi) is 4.52. The summed E-state index contributed by atoms with van der Waals surface area (Å²) in [6.07, 6.45) is 0. The van der Waals surface area contributed by atoms with Crippen LogP contribution in [0.3, 0.4) is 0 Å². The number of ether oxygens (including phenoxy) is 1. The second-order valence-electron chi connectivity index (χ2n) is 4.11. The maximum absolute atomic E-state index is 12.1. The van der Waals surface area contributed by atoms with E-state index in [0.29, 0.717) is 4.47 Å². The molecule has 0 spiro atoms. The van der Waals surface area contributed by atoms with Crippen LogP contribution in [-0.2, 0) is 0 Å². The molecule has 2 rings (SSSR count). The number of hydrogen-bond donors (Lipinski definition) is 1. The van der Waals surface area contributed by atoms with Crippen LogP contribution in [0.25, 0.3) is 0 Å². The molecule has 0 saturated heterocycles. The van der Waals surface area contributed by atoms with Crippen LogP contribution < -0.4 is 4.74 Å². The van der Waals surface area contributed by atoms with Gasteiger partial charge in [-0.3, -0.25) is 10.1 Å². The molecule has 2 aromatic carbocycles. The Hall–Kier alpha value is -2.74. The van der Waals surface area contributed by atoms with Crippen LogP contribution in [-0.4, -0.2) is 22.0 Å². The van der Waals surface area contributed by atoms with Crippen LogP contribution in [0.4, 0.5) is 5.69 Å². The first-order valence-electron chi connectivity index (χ1n) is 5.88. The van der Waals surface area contributed by atoms with Crippen molar-refractivity contribution in [2.45, 2.75) is 0 Å². The number of aromatic carboxylic acids is 1. The summed E-state index contributed by atoms with van der Waals surface area (Å²) in [5, 5.41) is 20.0. The molecule has 0 aliphatic rings. The molecule has 0 bridgehead atoms. The number of nitro benzene ring substituents is 1. The van der Waals surface area contributed by atoms with Gasteiger partial charge in [-0.25, -0.2) is 9.59 Å². The highest BCUT2D eigenvalue weighted by Gasteiger charge is 2.23. The van der Waals surface area contributed by atoms with E-state index < -0.39 is 22.5 Å². The number of nitrogens with zero attached hydrogens (tertiary/aromatic N) is 1.